The molecule has 18 heavy (non-hydrogen) atoms. The number of rotatable bonds is 4. The Hall–Kier alpha value is -2.16. The largest absolute Gasteiger partial charge is 0.495 e. The Kier molecular flexibility index (Phi) is 3.72. The molecule has 3 nitrogen and oxygen atoms in total. The van der Waals surface area contributed by atoms with E-state index in [0.717, 1.165) is 22.8 Å². The van der Waals surface area contributed by atoms with Crippen molar-refractivity contribution in [3.8, 4) is 5.75 Å². The number of benzene rings is 2. The maximum absolute atomic E-state index is 5.40. The van der Waals surface area contributed by atoms with Gasteiger partial charge in [0.2, 0.25) is 0 Å². The lowest BCUT2D eigenvalue weighted by atomic mass is 10.2. The van der Waals surface area contributed by atoms with Crippen LogP contribution in [0.25, 0.3) is 0 Å². The van der Waals surface area contributed by atoms with Gasteiger partial charge < -0.3 is 15.0 Å². The summed E-state index contributed by atoms with van der Waals surface area (Å²) < 4.78 is 5.40. The minimum absolute atomic E-state index is 0.862. The summed E-state index contributed by atoms with van der Waals surface area (Å²) in [6.07, 6.45) is 0. The van der Waals surface area contributed by atoms with Gasteiger partial charge in [-0.25, -0.2) is 0 Å². The van der Waals surface area contributed by atoms with Crippen LogP contribution in [0.5, 0.6) is 5.75 Å². The number of methoxy groups -OCH3 is 1. The third-order valence-corrected chi connectivity index (χ3v) is 2.72. The Balaban J connectivity index is 2.25. The van der Waals surface area contributed by atoms with Crippen molar-refractivity contribution in [2.45, 2.75) is 0 Å². The highest BCUT2D eigenvalue weighted by atomic mass is 16.5. The Morgan fingerprint density at radius 1 is 0.944 bits per heavy atom. The van der Waals surface area contributed by atoms with Gasteiger partial charge in [0.1, 0.15) is 5.75 Å². The van der Waals surface area contributed by atoms with Gasteiger partial charge in [-0.1, -0.05) is 18.2 Å². The fourth-order valence-corrected chi connectivity index (χ4v) is 1.81. The van der Waals surface area contributed by atoms with E-state index in [1.807, 2.05) is 67.5 Å². The number of hydrogen-bond acceptors (Lipinski definition) is 3. The predicted molar refractivity (Wildman–Crippen MR) is 77.0 cm³/mol. The summed E-state index contributed by atoms with van der Waals surface area (Å²) in [4.78, 5) is 2.03. The van der Waals surface area contributed by atoms with Gasteiger partial charge in [0.15, 0.2) is 0 Å². The highest BCUT2D eigenvalue weighted by molar-refractivity contribution is 5.68. The average Bonchev–Trinajstić information content (AvgIpc) is 2.39. The third kappa shape index (κ3) is 2.74. The van der Waals surface area contributed by atoms with Crippen molar-refractivity contribution < 1.29 is 4.74 Å². The zero-order chi connectivity index (χ0) is 13.0. The molecule has 0 atom stereocenters. The molecule has 2 aromatic rings. The molecule has 2 rings (SSSR count). The number of anilines is 3. The van der Waals surface area contributed by atoms with Crippen LogP contribution in [0.2, 0.25) is 0 Å². The van der Waals surface area contributed by atoms with Crippen LogP contribution in [0.4, 0.5) is 17.1 Å². The van der Waals surface area contributed by atoms with E-state index in [9.17, 15) is 0 Å². The number of nitrogens with one attached hydrogen (secondary N) is 1. The molecule has 0 aromatic heterocycles. The maximum Gasteiger partial charge on any atom is 0.144 e. The van der Waals surface area contributed by atoms with Crippen LogP contribution in [-0.4, -0.2) is 21.2 Å². The van der Waals surface area contributed by atoms with E-state index in [4.69, 9.17) is 4.74 Å². The summed E-state index contributed by atoms with van der Waals surface area (Å²) in [5.74, 6) is 0.862. The minimum Gasteiger partial charge on any atom is -0.495 e. The first kappa shape index (κ1) is 12.3. The third-order valence-electron chi connectivity index (χ3n) is 2.72. The molecule has 94 valence electrons. The van der Waals surface area contributed by atoms with Crippen LogP contribution in [0, 0.1) is 0 Å². The molecule has 0 amide bonds. The van der Waals surface area contributed by atoms with Gasteiger partial charge in [-0.3, -0.25) is 0 Å². The summed E-state index contributed by atoms with van der Waals surface area (Å²) in [5.41, 5.74) is 3.15. The fourth-order valence-electron chi connectivity index (χ4n) is 1.81. The molecule has 0 heterocycles. The standard InChI is InChI=1S/C15H18N2O/c1-17(2)14-10-9-13(11-15(14)18-3)16-12-7-5-4-6-8-12/h4-11,16H,1-3H3. The van der Waals surface area contributed by atoms with Crippen molar-refractivity contribution in [2.24, 2.45) is 0 Å². The fraction of sp³-hybridized carbons (Fsp3) is 0.200. The molecule has 0 fully saturated rings. The molecule has 0 aliphatic carbocycles. The minimum atomic E-state index is 0.862. The summed E-state index contributed by atoms with van der Waals surface area (Å²) in [7, 11) is 5.69. The molecule has 0 bridgehead atoms. The Morgan fingerprint density at radius 2 is 1.67 bits per heavy atom. The smallest absolute Gasteiger partial charge is 0.144 e. The maximum atomic E-state index is 5.40. The van der Waals surface area contributed by atoms with Gasteiger partial charge in [0.05, 0.1) is 12.8 Å². The summed E-state index contributed by atoms with van der Waals surface area (Å²) >= 11 is 0. The summed E-state index contributed by atoms with van der Waals surface area (Å²) in [5, 5.41) is 3.35. The summed E-state index contributed by atoms with van der Waals surface area (Å²) in [6.45, 7) is 0. The second-order valence-electron chi connectivity index (χ2n) is 4.27. The van der Waals surface area contributed by atoms with Gasteiger partial charge in [0.25, 0.3) is 0 Å². The molecule has 0 saturated carbocycles. The van der Waals surface area contributed by atoms with E-state index < -0.39 is 0 Å². The van der Waals surface area contributed by atoms with E-state index in [0.29, 0.717) is 0 Å². The molecular formula is C15H18N2O. The molecule has 0 spiro atoms. The van der Waals surface area contributed by atoms with Crippen molar-refractivity contribution in [3.05, 3.63) is 48.5 Å². The molecular weight excluding hydrogens is 224 g/mol. The van der Waals surface area contributed by atoms with Crippen LogP contribution in [0.15, 0.2) is 48.5 Å². The molecule has 2 aromatic carbocycles. The van der Waals surface area contributed by atoms with Crippen LogP contribution < -0.4 is 15.0 Å². The van der Waals surface area contributed by atoms with Crippen molar-refractivity contribution in [1.29, 1.82) is 0 Å². The van der Waals surface area contributed by atoms with Crippen LogP contribution in [0.3, 0.4) is 0 Å². The van der Waals surface area contributed by atoms with Crippen molar-refractivity contribution in [3.63, 3.8) is 0 Å². The lowest BCUT2D eigenvalue weighted by Crippen LogP contribution is -2.10. The molecule has 0 unspecified atom stereocenters. The van der Waals surface area contributed by atoms with E-state index in [2.05, 4.69) is 5.32 Å². The van der Waals surface area contributed by atoms with Crippen LogP contribution in [0.1, 0.15) is 0 Å². The van der Waals surface area contributed by atoms with Gasteiger partial charge in [-0.05, 0) is 24.3 Å². The molecule has 0 radical (unpaired) electrons. The SMILES string of the molecule is COc1cc(Nc2ccccc2)ccc1N(C)C. The molecule has 3 heteroatoms. The molecule has 1 N–H and O–H groups in total. The van der Waals surface area contributed by atoms with Gasteiger partial charge in [-0.2, -0.15) is 0 Å². The van der Waals surface area contributed by atoms with E-state index in [-0.39, 0.29) is 0 Å². The predicted octanol–water partition coefficient (Wildman–Crippen LogP) is 3.50. The van der Waals surface area contributed by atoms with Gasteiger partial charge >= 0.3 is 0 Å². The average molecular weight is 242 g/mol. The lowest BCUT2D eigenvalue weighted by molar-refractivity contribution is 0.415. The monoisotopic (exact) mass is 242 g/mol. The zero-order valence-corrected chi connectivity index (χ0v) is 11.0. The molecule has 0 aliphatic rings. The lowest BCUT2D eigenvalue weighted by Gasteiger charge is -2.17. The topological polar surface area (TPSA) is 24.5 Å². The van der Waals surface area contributed by atoms with Crippen LogP contribution in [-0.2, 0) is 0 Å². The van der Waals surface area contributed by atoms with E-state index in [1.54, 1.807) is 7.11 Å². The molecule has 0 aliphatic heterocycles. The van der Waals surface area contributed by atoms with E-state index in [1.165, 1.54) is 0 Å². The first-order chi connectivity index (χ1) is 8.70. The second-order valence-corrected chi connectivity index (χ2v) is 4.27. The normalized spacial score (nSPS) is 9.94. The highest BCUT2D eigenvalue weighted by Crippen LogP contribution is 2.31. The Bertz CT molecular complexity index is 509. The highest BCUT2D eigenvalue weighted by Gasteiger charge is 2.06. The molecule has 0 saturated heterocycles. The first-order valence-electron chi connectivity index (χ1n) is 5.88. The zero-order valence-electron chi connectivity index (χ0n) is 11.0. The van der Waals surface area contributed by atoms with Crippen molar-refractivity contribution >= 4 is 17.1 Å². The number of hydrogen-bond donors (Lipinski definition) is 1. The second kappa shape index (κ2) is 5.45. The Morgan fingerprint density at radius 3 is 2.28 bits per heavy atom. The number of ether oxygens (including phenoxy) is 1. The van der Waals surface area contributed by atoms with E-state index >= 15 is 0 Å². The van der Waals surface area contributed by atoms with Gasteiger partial charge in [0, 0.05) is 31.5 Å². The van der Waals surface area contributed by atoms with Crippen molar-refractivity contribution in [2.75, 3.05) is 31.4 Å². The number of para-hydroxylation sites is 1. The van der Waals surface area contributed by atoms with Gasteiger partial charge in [-0.15, -0.1) is 0 Å². The quantitative estimate of drug-likeness (QED) is 0.888. The number of nitrogens with zero attached hydrogens (tertiary/aromatic N) is 1. The van der Waals surface area contributed by atoms with Crippen LogP contribution >= 0.6 is 0 Å². The van der Waals surface area contributed by atoms with Crippen molar-refractivity contribution in [1.82, 2.24) is 0 Å². The first-order valence-corrected chi connectivity index (χ1v) is 5.88. The summed E-state index contributed by atoms with van der Waals surface area (Å²) in [6, 6.07) is 16.2. The Labute approximate surface area is 108 Å².